The van der Waals surface area contributed by atoms with E-state index in [4.69, 9.17) is 4.74 Å². The standard InChI is InChI=1S/C56H37NO/c1-2-14-38(15-3-1)39-30-32-41(33-31-39)48-23-6-8-27-52(48)57(45-21-10-20-43(36-45)47-25-11-17-40-16-4-5-22-46(40)47)53-28-9-7-24-49(53)44-34-35-54-51(37-44)50-26-12-18-42-19-13-29-55(58-54)56(42)50/h1-37H. The Balaban J connectivity index is 1.10. The molecule has 272 valence electrons. The van der Waals surface area contributed by atoms with Crippen LogP contribution >= 0.6 is 0 Å². The Kier molecular flexibility index (Phi) is 8.19. The predicted octanol–water partition coefficient (Wildman–Crippen LogP) is 15.9. The van der Waals surface area contributed by atoms with Crippen molar-refractivity contribution in [3.8, 4) is 67.1 Å². The van der Waals surface area contributed by atoms with Crippen LogP contribution in [-0.2, 0) is 0 Å². The Morgan fingerprint density at radius 2 is 0.828 bits per heavy atom. The fraction of sp³-hybridized carbons (Fsp3) is 0. The van der Waals surface area contributed by atoms with Gasteiger partial charge in [-0.25, -0.2) is 0 Å². The van der Waals surface area contributed by atoms with Crippen molar-refractivity contribution in [3.63, 3.8) is 0 Å². The molecule has 0 atom stereocenters. The molecule has 58 heavy (non-hydrogen) atoms. The number of hydrogen-bond acceptors (Lipinski definition) is 2. The van der Waals surface area contributed by atoms with Gasteiger partial charge in [-0.2, -0.15) is 0 Å². The summed E-state index contributed by atoms with van der Waals surface area (Å²) in [4.78, 5) is 2.44. The molecule has 0 saturated heterocycles. The van der Waals surface area contributed by atoms with Crippen molar-refractivity contribution >= 4 is 38.6 Å². The molecule has 0 N–H and O–H groups in total. The highest BCUT2D eigenvalue weighted by molar-refractivity contribution is 6.05. The summed E-state index contributed by atoms with van der Waals surface area (Å²) in [7, 11) is 0. The molecule has 0 fully saturated rings. The van der Waals surface area contributed by atoms with Crippen LogP contribution in [0.2, 0.25) is 0 Å². The van der Waals surface area contributed by atoms with Crippen molar-refractivity contribution in [3.05, 3.63) is 224 Å². The average molecular weight is 740 g/mol. The first kappa shape index (κ1) is 33.6. The first-order valence-electron chi connectivity index (χ1n) is 19.8. The van der Waals surface area contributed by atoms with Crippen LogP contribution in [0.5, 0.6) is 11.5 Å². The number of para-hydroxylation sites is 2. The van der Waals surface area contributed by atoms with Crippen LogP contribution in [-0.4, -0.2) is 0 Å². The van der Waals surface area contributed by atoms with Crippen LogP contribution in [0.15, 0.2) is 224 Å². The number of nitrogens with zero attached hydrogens (tertiary/aromatic N) is 1. The summed E-state index contributed by atoms with van der Waals surface area (Å²) >= 11 is 0. The number of fused-ring (bicyclic) bond motifs is 3. The van der Waals surface area contributed by atoms with E-state index in [9.17, 15) is 0 Å². The number of benzene rings is 10. The second kappa shape index (κ2) is 14.1. The van der Waals surface area contributed by atoms with Gasteiger partial charge in [0.25, 0.3) is 0 Å². The Morgan fingerprint density at radius 1 is 0.293 bits per heavy atom. The van der Waals surface area contributed by atoms with Gasteiger partial charge in [-0.1, -0.05) is 182 Å². The van der Waals surface area contributed by atoms with Crippen LogP contribution < -0.4 is 9.64 Å². The third-order valence-corrected chi connectivity index (χ3v) is 11.5. The first-order chi connectivity index (χ1) is 28.8. The van der Waals surface area contributed by atoms with Gasteiger partial charge in [-0.3, -0.25) is 0 Å². The van der Waals surface area contributed by atoms with Gasteiger partial charge in [-0.05, 0) is 97.6 Å². The second-order valence-electron chi connectivity index (χ2n) is 14.9. The number of ether oxygens (including phenoxy) is 1. The molecular formula is C56H37NO. The molecule has 2 nitrogen and oxygen atoms in total. The van der Waals surface area contributed by atoms with E-state index in [2.05, 4.69) is 229 Å². The maximum atomic E-state index is 6.53. The van der Waals surface area contributed by atoms with E-state index in [0.29, 0.717) is 0 Å². The molecule has 0 spiro atoms. The average Bonchev–Trinajstić information content (AvgIpc) is 3.30. The maximum Gasteiger partial charge on any atom is 0.135 e. The molecule has 0 bridgehead atoms. The Morgan fingerprint density at radius 3 is 1.64 bits per heavy atom. The largest absolute Gasteiger partial charge is 0.456 e. The maximum absolute atomic E-state index is 6.53. The predicted molar refractivity (Wildman–Crippen MR) is 243 cm³/mol. The summed E-state index contributed by atoms with van der Waals surface area (Å²) in [5.41, 5.74) is 14.9. The minimum absolute atomic E-state index is 0.872. The summed E-state index contributed by atoms with van der Waals surface area (Å²) in [6, 6.07) is 80.8. The van der Waals surface area contributed by atoms with Crippen molar-refractivity contribution in [1.82, 2.24) is 0 Å². The Hall–Kier alpha value is -7.68. The molecule has 2 heteroatoms. The van der Waals surface area contributed by atoms with Crippen LogP contribution in [0.25, 0.3) is 77.2 Å². The monoisotopic (exact) mass is 739 g/mol. The lowest BCUT2D eigenvalue weighted by atomic mass is 9.91. The van der Waals surface area contributed by atoms with Gasteiger partial charge < -0.3 is 9.64 Å². The summed E-state index contributed by atoms with van der Waals surface area (Å²) in [6.45, 7) is 0. The van der Waals surface area contributed by atoms with Crippen molar-refractivity contribution in [2.75, 3.05) is 4.90 Å². The van der Waals surface area contributed by atoms with E-state index < -0.39 is 0 Å². The molecule has 0 aromatic heterocycles. The van der Waals surface area contributed by atoms with Crippen LogP contribution in [0.3, 0.4) is 0 Å². The second-order valence-corrected chi connectivity index (χ2v) is 14.9. The molecule has 1 aliphatic heterocycles. The molecule has 1 aliphatic rings. The summed E-state index contributed by atoms with van der Waals surface area (Å²) in [5.74, 6) is 1.77. The van der Waals surface area contributed by atoms with Gasteiger partial charge in [0.2, 0.25) is 0 Å². The number of anilines is 3. The summed E-state index contributed by atoms with van der Waals surface area (Å²) in [5, 5.41) is 4.80. The lowest BCUT2D eigenvalue weighted by Gasteiger charge is -2.30. The van der Waals surface area contributed by atoms with Gasteiger partial charge in [0.1, 0.15) is 11.5 Å². The third-order valence-electron chi connectivity index (χ3n) is 11.5. The van der Waals surface area contributed by atoms with Gasteiger partial charge in [0, 0.05) is 27.8 Å². The Bertz CT molecular complexity index is 3140. The van der Waals surface area contributed by atoms with E-state index >= 15 is 0 Å². The topological polar surface area (TPSA) is 12.5 Å². The minimum atomic E-state index is 0.872. The molecule has 0 aliphatic carbocycles. The highest BCUT2D eigenvalue weighted by Crippen LogP contribution is 2.50. The van der Waals surface area contributed by atoms with Crippen LogP contribution in [0, 0.1) is 0 Å². The van der Waals surface area contributed by atoms with Crippen LogP contribution in [0.4, 0.5) is 17.1 Å². The molecule has 1 heterocycles. The zero-order chi connectivity index (χ0) is 38.4. The smallest absolute Gasteiger partial charge is 0.135 e. The van der Waals surface area contributed by atoms with Gasteiger partial charge in [-0.15, -0.1) is 0 Å². The SMILES string of the molecule is c1ccc(-c2ccc(-c3ccccc3N(c3cccc(-c4cccc5ccccc45)c3)c3ccccc3-c3ccc4c(c3)-c3cccc5cccc(c35)O4)cc2)cc1. The van der Waals surface area contributed by atoms with E-state index in [0.717, 1.165) is 61.8 Å². The molecule has 11 rings (SSSR count). The normalized spacial score (nSPS) is 11.6. The first-order valence-corrected chi connectivity index (χ1v) is 19.8. The van der Waals surface area contributed by atoms with Crippen molar-refractivity contribution in [2.24, 2.45) is 0 Å². The zero-order valence-corrected chi connectivity index (χ0v) is 31.7. The molecule has 10 aromatic carbocycles. The van der Waals surface area contributed by atoms with E-state index in [1.807, 2.05) is 0 Å². The number of hydrogen-bond donors (Lipinski definition) is 0. The Labute approximate surface area is 338 Å². The van der Waals surface area contributed by atoms with Crippen molar-refractivity contribution in [1.29, 1.82) is 0 Å². The third kappa shape index (κ3) is 5.82. The quantitative estimate of drug-likeness (QED) is 0.161. The van der Waals surface area contributed by atoms with Crippen LogP contribution in [0.1, 0.15) is 0 Å². The fourth-order valence-electron chi connectivity index (χ4n) is 8.73. The minimum Gasteiger partial charge on any atom is -0.456 e. The van der Waals surface area contributed by atoms with Crippen molar-refractivity contribution < 1.29 is 4.74 Å². The molecule has 0 radical (unpaired) electrons. The highest BCUT2D eigenvalue weighted by atomic mass is 16.5. The molecule has 0 saturated carbocycles. The fourth-order valence-corrected chi connectivity index (χ4v) is 8.73. The molecule has 0 unspecified atom stereocenters. The number of rotatable bonds is 7. The molecule has 0 amide bonds. The summed E-state index contributed by atoms with van der Waals surface area (Å²) < 4.78 is 6.53. The van der Waals surface area contributed by atoms with Gasteiger partial charge >= 0.3 is 0 Å². The lowest BCUT2D eigenvalue weighted by molar-refractivity contribution is 0.487. The summed E-state index contributed by atoms with van der Waals surface area (Å²) in [6.07, 6.45) is 0. The van der Waals surface area contributed by atoms with Crippen molar-refractivity contribution in [2.45, 2.75) is 0 Å². The van der Waals surface area contributed by atoms with E-state index in [1.165, 1.54) is 44.0 Å². The highest BCUT2D eigenvalue weighted by Gasteiger charge is 2.24. The van der Waals surface area contributed by atoms with E-state index in [1.54, 1.807) is 0 Å². The van der Waals surface area contributed by atoms with E-state index in [-0.39, 0.29) is 0 Å². The van der Waals surface area contributed by atoms with Gasteiger partial charge in [0.05, 0.1) is 11.4 Å². The van der Waals surface area contributed by atoms with Gasteiger partial charge in [0.15, 0.2) is 0 Å². The molecular weight excluding hydrogens is 703 g/mol. The zero-order valence-electron chi connectivity index (χ0n) is 31.7. The molecule has 10 aromatic rings. The lowest BCUT2D eigenvalue weighted by Crippen LogP contribution is -2.12.